The summed E-state index contributed by atoms with van der Waals surface area (Å²) >= 11 is 0. The molecule has 1 saturated heterocycles. The molecule has 55 heavy (non-hydrogen) atoms. The minimum atomic E-state index is -1.21. The number of benzene rings is 1. The fourth-order valence-electron chi connectivity index (χ4n) is 6.70. The van der Waals surface area contributed by atoms with E-state index >= 15 is 0 Å². The predicted octanol–water partition coefficient (Wildman–Crippen LogP) is 4.59. The minimum Gasteiger partial charge on any atom is -0.465 e. The highest BCUT2D eigenvalue weighted by molar-refractivity contribution is 5.88. The molecule has 3 aromatic rings. The van der Waals surface area contributed by atoms with E-state index in [2.05, 4.69) is 21.0 Å². The van der Waals surface area contributed by atoms with Crippen LogP contribution in [0.5, 0.6) is 0 Å². The lowest BCUT2D eigenvalue weighted by atomic mass is 9.86. The Balaban J connectivity index is 1.60. The number of nitrogens with zero attached hydrogens (tertiary/aromatic N) is 4. The molecule has 14 heteroatoms. The smallest absolute Gasteiger partial charge is 0.407 e. The number of aliphatic hydroxyl groups excluding tert-OH is 1. The molecule has 3 heterocycles. The maximum Gasteiger partial charge on any atom is 0.407 e. The van der Waals surface area contributed by atoms with Crippen molar-refractivity contribution in [3.8, 4) is 0 Å². The number of carbonyl (C=O) groups is 4. The minimum absolute atomic E-state index is 0.0906. The van der Waals surface area contributed by atoms with Crippen LogP contribution in [0.4, 0.5) is 9.59 Å². The Kier molecular flexibility index (Phi) is 15.2. The van der Waals surface area contributed by atoms with Crippen LogP contribution < -0.4 is 16.1 Å². The van der Waals surface area contributed by atoms with Crippen LogP contribution in [0.15, 0.2) is 65.1 Å². The van der Waals surface area contributed by atoms with Gasteiger partial charge in [-0.05, 0) is 54.5 Å². The van der Waals surface area contributed by atoms with Gasteiger partial charge in [0, 0.05) is 31.7 Å². The maximum absolute atomic E-state index is 14.4. The van der Waals surface area contributed by atoms with Crippen molar-refractivity contribution in [2.75, 3.05) is 26.7 Å². The third-order valence-electron chi connectivity index (χ3n) is 9.97. The first-order valence-electron chi connectivity index (χ1n) is 19.1. The van der Waals surface area contributed by atoms with Gasteiger partial charge >= 0.3 is 12.1 Å². The highest BCUT2D eigenvalue weighted by Crippen LogP contribution is 2.24. The quantitative estimate of drug-likeness (QED) is 0.136. The molecule has 1 aliphatic heterocycles. The van der Waals surface area contributed by atoms with Crippen molar-refractivity contribution in [3.05, 3.63) is 89.1 Å². The molecule has 4 rings (SSSR count). The topological polar surface area (TPSA) is 170 Å². The molecular formula is C41H59N7O7. The summed E-state index contributed by atoms with van der Waals surface area (Å²) in [7, 11) is 1.23. The Bertz CT molecular complexity index is 1730. The van der Waals surface area contributed by atoms with Crippen LogP contribution in [0.25, 0.3) is 0 Å². The molecule has 2 aromatic heterocycles. The molecule has 300 valence electrons. The third kappa shape index (κ3) is 12.0. The van der Waals surface area contributed by atoms with Crippen LogP contribution in [0.1, 0.15) is 76.4 Å². The highest BCUT2D eigenvalue weighted by atomic mass is 16.5. The van der Waals surface area contributed by atoms with Crippen LogP contribution in [-0.4, -0.2) is 99.8 Å². The number of furan rings is 1. The zero-order chi connectivity index (χ0) is 40.3. The van der Waals surface area contributed by atoms with Gasteiger partial charge < -0.3 is 34.7 Å². The first-order valence-corrected chi connectivity index (χ1v) is 19.1. The maximum atomic E-state index is 14.4. The van der Waals surface area contributed by atoms with Crippen molar-refractivity contribution < 1.29 is 33.4 Å². The second kappa shape index (κ2) is 19.6. The second-order valence-electron chi connectivity index (χ2n) is 15.4. The summed E-state index contributed by atoms with van der Waals surface area (Å²) in [5, 5.41) is 19.3. The first-order chi connectivity index (χ1) is 26.1. The van der Waals surface area contributed by atoms with Crippen LogP contribution in [0, 0.1) is 18.3 Å². The molecule has 4 N–H and O–H groups in total. The van der Waals surface area contributed by atoms with Crippen molar-refractivity contribution in [1.29, 1.82) is 0 Å². The Morgan fingerprint density at radius 2 is 1.69 bits per heavy atom. The molecule has 0 aliphatic carbocycles. The lowest BCUT2D eigenvalue weighted by Gasteiger charge is -2.36. The monoisotopic (exact) mass is 761 g/mol. The first kappa shape index (κ1) is 42.8. The van der Waals surface area contributed by atoms with Crippen molar-refractivity contribution in [2.24, 2.45) is 11.3 Å². The zero-order valence-electron chi connectivity index (χ0n) is 33.5. The van der Waals surface area contributed by atoms with Crippen LogP contribution in [0.2, 0.25) is 0 Å². The van der Waals surface area contributed by atoms with Crippen molar-refractivity contribution in [1.82, 2.24) is 35.9 Å². The Morgan fingerprint density at radius 3 is 2.31 bits per heavy atom. The van der Waals surface area contributed by atoms with Gasteiger partial charge in [-0.1, -0.05) is 84.4 Å². The van der Waals surface area contributed by atoms with Crippen molar-refractivity contribution >= 4 is 23.9 Å². The summed E-state index contributed by atoms with van der Waals surface area (Å²) < 4.78 is 10.8. The number of carbonyl (C=O) groups excluding carboxylic acids is 4. The number of ether oxygens (including phenoxy) is 1. The number of aliphatic hydroxyl groups is 1. The molecule has 0 spiro atoms. The molecule has 1 aliphatic rings. The number of urea groups is 1. The summed E-state index contributed by atoms with van der Waals surface area (Å²) in [6.45, 7) is 14.4. The molecule has 1 aromatic carbocycles. The van der Waals surface area contributed by atoms with E-state index in [-0.39, 0.29) is 37.4 Å². The number of hydrazine groups is 1. The van der Waals surface area contributed by atoms with Gasteiger partial charge in [0.1, 0.15) is 23.6 Å². The normalized spacial score (nSPS) is 16.0. The van der Waals surface area contributed by atoms with Crippen LogP contribution in [-0.2, 0) is 40.3 Å². The van der Waals surface area contributed by atoms with Gasteiger partial charge in [0.05, 0.1) is 38.0 Å². The van der Waals surface area contributed by atoms with E-state index in [0.717, 1.165) is 22.7 Å². The number of hydrogen-bond acceptors (Lipinski definition) is 9. The average Bonchev–Trinajstić information content (AvgIpc) is 3.75. The lowest BCUT2D eigenvalue weighted by Crippen LogP contribution is -2.60. The van der Waals surface area contributed by atoms with Gasteiger partial charge in [0.15, 0.2) is 0 Å². The highest BCUT2D eigenvalue weighted by Gasteiger charge is 2.41. The molecule has 0 radical (unpaired) electrons. The molecule has 14 nitrogen and oxygen atoms in total. The van der Waals surface area contributed by atoms with Crippen LogP contribution in [0.3, 0.4) is 0 Å². The molecule has 0 unspecified atom stereocenters. The summed E-state index contributed by atoms with van der Waals surface area (Å²) in [5.74, 6) is 0.233. The predicted molar refractivity (Wildman–Crippen MR) is 208 cm³/mol. The van der Waals surface area contributed by atoms with Gasteiger partial charge in [0.2, 0.25) is 5.91 Å². The van der Waals surface area contributed by atoms with E-state index in [1.807, 2.05) is 109 Å². The largest absolute Gasteiger partial charge is 0.465 e. The fraction of sp³-hybridized carbons (Fsp3) is 0.537. The molecule has 0 saturated carbocycles. The van der Waals surface area contributed by atoms with Gasteiger partial charge in [-0.3, -0.25) is 20.0 Å². The second-order valence-corrected chi connectivity index (χ2v) is 15.4. The Labute approximate surface area is 324 Å². The zero-order valence-corrected chi connectivity index (χ0v) is 33.5. The number of methoxy groups -OCH3 is 1. The van der Waals surface area contributed by atoms with Gasteiger partial charge in [-0.2, -0.15) is 0 Å². The van der Waals surface area contributed by atoms with Crippen molar-refractivity contribution in [3.63, 3.8) is 0 Å². The summed E-state index contributed by atoms with van der Waals surface area (Å²) in [4.78, 5) is 62.2. The fourth-order valence-corrected chi connectivity index (χ4v) is 6.70. The lowest BCUT2D eigenvalue weighted by molar-refractivity contribution is -0.133. The van der Waals surface area contributed by atoms with Gasteiger partial charge in [-0.25, -0.2) is 14.6 Å². The molecule has 1 fully saturated rings. The van der Waals surface area contributed by atoms with E-state index in [4.69, 9.17) is 9.15 Å². The molecule has 5 atom stereocenters. The summed E-state index contributed by atoms with van der Waals surface area (Å²) in [5.41, 5.74) is 4.71. The number of alkyl carbamates (subject to hydrolysis) is 1. The van der Waals surface area contributed by atoms with E-state index in [1.165, 1.54) is 12.1 Å². The third-order valence-corrected chi connectivity index (χ3v) is 9.97. The van der Waals surface area contributed by atoms with Gasteiger partial charge in [0.25, 0.3) is 5.91 Å². The number of pyridine rings is 1. The molecular weight excluding hydrogens is 702 g/mol. The standard InChI is InChI=1S/C41H59N7O7/c1-9-27(3)35(48-22-21-46(40(48)53)24-30-18-14-15-28(4)42-30)37(50)43-33(23-29-16-12-11-13-17-29)34(49)26-47(25-32-20-19-31(10-2)55-32)45-38(51)36(41(5,6)7)44-39(52)54-8/h11-20,27,33-36,49H,9-10,21-26H2,1-8H3,(H,43,50)(H,44,52)(H,45,51)/t27-,33-,34-,35-,36+/m0/s1. The summed E-state index contributed by atoms with van der Waals surface area (Å²) in [6, 6.07) is 16.0. The number of amides is 5. The SMILES string of the molecule is CCc1ccc(CN(C[C@H](O)[C@H](Cc2ccccc2)NC(=O)[C@H]([C@@H](C)CC)N2CCN(Cc3cccc(C)n3)C2=O)NC(=O)[C@@H](NC(=O)OC)C(C)(C)C)o1. The number of rotatable bonds is 18. The Hall–Kier alpha value is -4.95. The number of aryl methyl sites for hydroxylation is 2. The Morgan fingerprint density at radius 1 is 0.982 bits per heavy atom. The van der Waals surface area contributed by atoms with E-state index in [0.29, 0.717) is 38.2 Å². The van der Waals surface area contributed by atoms with E-state index in [9.17, 15) is 24.3 Å². The number of hydrogen-bond donors (Lipinski definition) is 4. The molecule has 0 bridgehead atoms. The van der Waals surface area contributed by atoms with Crippen molar-refractivity contribution in [2.45, 2.75) is 105 Å². The number of aromatic nitrogens is 1. The van der Waals surface area contributed by atoms with E-state index < -0.39 is 41.6 Å². The number of nitrogens with one attached hydrogen (secondary N) is 3. The van der Waals surface area contributed by atoms with Gasteiger partial charge in [-0.15, -0.1) is 0 Å². The van der Waals surface area contributed by atoms with E-state index in [1.54, 1.807) is 9.80 Å². The summed E-state index contributed by atoms with van der Waals surface area (Å²) in [6.07, 6.45) is -0.371. The molecule has 5 amide bonds. The van der Waals surface area contributed by atoms with Crippen LogP contribution >= 0.6 is 0 Å². The average molecular weight is 762 g/mol.